The fraction of sp³-hybridized carbons (Fsp3) is 0.133. The third-order valence-corrected chi connectivity index (χ3v) is 4.97. The second-order valence-electron chi connectivity index (χ2n) is 4.48. The molecule has 0 fully saturated rings. The van der Waals surface area contributed by atoms with E-state index in [-0.39, 0.29) is 27.0 Å². The van der Waals surface area contributed by atoms with Gasteiger partial charge in [0.2, 0.25) is 0 Å². The van der Waals surface area contributed by atoms with Gasteiger partial charge in [-0.15, -0.1) is 0 Å². The van der Waals surface area contributed by atoms with Crippen LogP contribution in [0.1, 0.15) is 10.4 Å². The van der Waals surface area contributed by atoms with E-state index >= 15 is 0 Å². The first kappa shape index (κ1) is 18.6. The SMILES string of the molecule is COC(=O)c1cccc(OS(=O)(=O)c2cc(Cl)cc(Br)c2OC)c1. The van der Waals surface area contributed by atoms with E-state index in [1.165, 1.54) is 50.6 Å². The molecule has 6 nitrogen and oxygen atoms in total. The van der Waals surface area contributed by atoms with E-state index in [4.69, 9.17) is 20.5 Å². The van der Waals surface area contributed by atoms with Crippen LogP contribution in [0.15, 0.2) is 45.8 Å². The number of ether oxygens (including phenoxy) is 2. The second kappa shape index (κ2) is 7.42. The fourth-order valence-electron chi connectivity index (χ4n) is 1.88. The number of carbonyl (C=O) groups is 1. The molecule has 0 unspecified atom stereocenters. The number of hydrogen-bond donors (Lipinski definition) is 0. The molecule has 0 spiro atoms. The van der Waals surface area contributed by atoms with Crippen molar-refractivity contribution in [1.82, 2.24) is 0 Å². The van der Waals surface area contributed by atoms with Crippen molar-refractivity contribution in [3.05, 3.63) is 51.5 Å². The Labute approximate surface area is 152 Å². The Bertz CT molecular complexity index is 882. The Morgan fingerprint density at radius 1 is 1.17 bits per heavy atom. The van der Waals surface area contributed by atoms with Crippen molar-refractivity contribution in [3.8, 4) is 11.5 Å². The van der Waals surface area contributed by atoms with Crippen molar-refractivity contribution >= 4 is 43.6 Å². The molecule has 24 heavy (non-hydrogen) atoms. The Kier molecular flexibility index (Phi) is 5.74. The summed E-state index contributed by atoms with van der Waals surface area (Å²) in [5.41, 5.74) is 0.157. The average Bonchev–Trinajstić information content (AvgIpc) is 2.53. The maximum atomic E-state index is 12.5. The minimum atomic E-state index is -4.24. The molecule has 0 radical (unpaired) electrons. The van der Waals surface area contributed by atoms with Gasteiger partial charge in [-0.3, -0.25) is 0 Å². The summed E-state index contributed by atoms with van der Waals surface area (Å²) in [6, 6.07) is 8.32. The van der Waals surface area contributed by atoms with E-state index in [9.17, 15) is 13.2 Å². The average molecular weight is 436 g/mol. The lowest BCUT2D eigenvalue weighted by Crippen LogP contribution is -2.12. The summed E-state index contributed by atoms with van der Waals surface area (Å²) in [6.45, 7) is 0. The molecule has 0 N–H and O–H groups in total. The molecule has 0 aliphatic rings. The summed E-state index contributed by atoms with van der Waals surface area (Å²) in [5, 5.41) is 0.188. The van der Waals surface area contributed by atoms with Gasteiger partial charge in [0.25, 0.3) is 0 Å². The van der Waals surface area contributed by atoms with Gasteiger partial charge in [-0.1, -0.05) is 17.7 Å². The largest absolute Gasteiger partial charge is 0.494 e. The molecule has 0 aromatic heterocycles. The second-order valence-corrected chi connectivity index (χ2v) is 7.28. The zero-order valence-electron chi connectivity index (χ0n) is 12.6. The van der Waals surface area contributed by atoms with Crippen LogP contribution in [0.5, 0.6) is 11.5 Å². The van der Waals surface area contributed by atoms with Crippen molar-refractivity contribution in [1.29, 1.82) is 0 Å². The highest BCUT2D eigenvalue weighted by atomic mass is 79.9. The monoisotopic (exact) mass is 434 g/mol. The van der Waals surface area contributed by atoms with Gasteiger partial charge < -0.3 is 13.7 Å². The molecule has 2 aromatic carbocycles. The molecule has 0 saturated carbocycles. The predicted octanol–water partition coefficient (Wildman–Crippen LogP) is 3.67. The maximum Gasteiger partial charge on any atom is 0.343 e. The van der Waals surface area contributed by atoms with E-state index in [0.717, 1.165) is 0 Å². The van der Waals surface area contributed by atoms with Gasteiger partial charge in [-0.05, 0) is 46.3 Å². The lowest BCUT2D eigenvalue weighted by Gasteiger charge is -2.13. The highest BCUT2D eigenvalue weighted by molar-refractivity contribution is 9.10. The fourth-order valence-corrected chi connectivity index (χ4v) is 4.19. The molecular weight excluding hydrogens is 424 g/mol. The van der Waals surface area contributed by atoms with E-state index in [1.807, 2.05) is 0 Å². The number of halogens is 2. The van der Waals surface area contributed by atoms with Gasteiger partial charge in [-0.25, -0.2) is 4.79 Å². The quantitative estimate of drug-likeness (QED) is 0.527. The minimum absolute atomic E-state index is 0.0453. The Morgan fingerprint density at radius 2 is 1.88 bits per heavy atom. The number of methoxy groups -OCH3 is 2. The molecule has 0 atom stereocenters. The van der Waals surface area contributed by atoms with Gasteiger partial charge >= 0.3 is 16.1 Å². The van der Waals surface area contributed by atoms with Gasteiger partial charge in [0, 0.05) is 5.02 Å². The molecule has 9 heteroatoms. The highest BCUT2D eigenvalue weighted by Gasteiger charge is 2.25. The molecule has 0 bridgehead atoms. The van der Waals surface area contributed by atoms with Crippen molar-refractivity contribution in [2.75, 3.05) is 14.2 Å². The Hall–Kier alpha value is -1.77. The number of rotatable bonds is 5. The van der Waals surface area contributed by atoms with Crippen LogP contribution >= 0.6 is 27.5 Å². The molecular formula is C15H12BrClO6S. The van der Waals surface area contributed by atoms with E-state index in [1.54, 1.807) is 0 Å². The van der Waals surface area contributed by atoms with Crippen LogP contribution in [0, 0.1) is 0 Å². The van der Waals surface area contributed by atoms with Crippen molar-refractivity contribution in [2.45, 2.75) is 4.90 Å². The summed E-state index contributed by atoms with van der Waals surface area (Å²) in [4.78, 5) is 11.3. The van der Waals surface area contributed by atoms with Crippen LogP contribution in [-0.4, -0.2) is 28.6 Å². The molecule has 0 aliphatic carbocycles. The zero-order chi connectivity index (χ0) is 17.9. The lowest BCUT2D eigenvalue weighted by molar-refractivity contribution is 0.0600. The number of carbonyl (C=O) groups excluding carboxylic acids is 1. The molecule has 2 rings (SSSR count). The Morgan fingerprint density at radius 3 is 2.50 bits per heavy atom. The normalized spacial score (nSPS) is 11.0. The standard InChI is InChI=1S/C15H12BrClO6S/c1-21-14-12(16)7-10(17)8-13(14)24(19,20)23-11-5-3-4-9(6-11)15(18)22-2/h3-8H,1-2H3. The predicted molar refractivity (Wildman–Crippen MR) is 91.3 cm³/mol. The van der Waals surface area contributed by atoms with Crippen molar-refractivity contribution in [2.24, 2.45) is 0 Å². The molecule has 0 heterocycles. The summed E-state index contributed by atoms with van der Waals surface area (Å²) in [6.07, 6.45) is 0. The minimum Gasteiger partial charge on any atom is -0.494 e. The lowest BCUT2D eigenvalue weighted by atomic mass is 10.2. The molecule has 0 amide bonds. The highest BCUT2D eigenvalue weighted by Crippen LogP contribution is 2.36. The molecule has 0 aliphatic heterocycles. The van der Waals surface area contributed by atoms with Crippen LogP contribution in [0.3, 0.4) is 0 Å². The number of hydrogen-bond acceptors (Lipinski definition) is 6. The van der Waals surface area contributed by atoms with Crippen LogP contribution in [-0.2, 0) is 14.9 Å². The zero-order valence-corrected chi connectivity index (χ0v) is 15.7. The third kappa shape index (κ3) is 4.00. The summed E-state index contributed by atoms with van der Waals surface area (Å²) in [5.74, 6) is -0.597. The van der Waals surface area contributed by atoms with E-state index < -0.39 is 16.1 Å². The molecule has 0 saturated heterocycles. The summed E-state index contributed by atoms with van der Waals surface area (Å²) >= 11 is 9.09. The van der Waals surface area contributed by atoms with Gasteiger partial charge in [-0.2, -0.15) is 8.42 Å². The van der Waals surface area contributed by atoms with Crippen molar-refractivity contribution < 1.29 is 26.9 Å². The maximum absolute atomic E-state index is 12.5. The van der Waals surface area contributed by atoms with E-state index in [2.05, 4.69) is 20.7 Å². The van der Waals surface area contributed by atoms with Crippen molar-refractivity contribution in [3.63, 3.8) is 0 Å². The number of benzene rings is 2. The number of esters is 1. The molecule has 128 valence electrons. The van der Waals surface area contributed by atoms with E-state index in [0.29, 0.717) is 4.47 Å². The Balaban J connectivity index is 2.45. The summed E-state index contributed by atoms with van der Waals surface area (Å²) < 4.78 is 40.2. The smallest absolute Gasteiger partial charge is 0.343 e. The van der Waals surface area contributed by atoms with Gasteiger partial charge in [0.05, 0.1) is 24.3 Å². The first-order chi connectivity index (χ1) is 11.3. The van der Waals surface area contributed by atoms with Crippen LogP contribution < -0.4 is 8.92 Å². The van der Waals surface area contributed by atoms with Crippen LogP contribution in [0.4, 0.5) is 0 Å². The topological polar surface area (TPSA) is 78.9 Å². The van der Waals surface area contributed by atoms with Crippen LogP contribution in [0.25, 0.3) is 0 Å². The van der Waals surface area contributed by atoms with Gasteiger partial charge in [0.15, 0.2) is 10.6 Å². The first-order valence-electron chi connectivity index (χ1n) is 6.44. The molecule has 2 aromatic rings. The van der Waals surface area contributed by atoms with Gasteiger partial charge in [0.1, 0.15) is 5.75 Å². The van der Waals surface area contributed by atoms with Crippen LogP contribution in [0.2, 0.25) is 5.02 Å². The third-order valence-electron chi connectivity index (χ3n) is 2.91. The first-order valence-corrected chi connectivity index (χ1v) is 9.02. The summed E-state index contributed by atoms with van der Waals surface area (Å²) in [7, 11) is -1.69.